The van der Waals surface area contributed by atoms with Gasteiger partial charge in [0, 0.05) is 18.7 Å². The first-order valence-electron chi connectivity index (χ1n) is 5.95. The summed E-state index contributed by atoms with van der Waals surface area (Å²) >= 11 is 0. The molecule has 94 valence electrons. The number of rotatable bonds is 3. The molecule has 1 aromatic heterocycles. The van der Waals surface area contributed by atoms with E-state index in [1.807, 2.05) is 37.3 Å². The summed E-state index contributed by atoms with van der Waals surface area (Å²) in [6.07, 6.45) is 0. The Balaban J connectivity index is 1.68. The predicted octanol–water partition coefficient (Wildman–Crippen LogP) is 1.30. The Bertz CT molecular complexity index is 528. The molecule has 0 amide bonds. The number of benzene rings is 1. The van der Waals surface area contributed by atoms with Gasteiger partial charge in [0.1, 0.15) is 0 Å². The maximum absolute atomic E-state index is 9.64. The molecule has 0 saturated carbocycles. The third-order valence-electron chi connectivity index (χ3n) is 2.97. The van der Waals surface area contributed by atoms with Crippen molar-refractivity contribution < 1.29 is 9.52 Å². The van der Waals surface area contributed by atoms with Gasteiger partial charge in [0.15, 0.2) is 0 Å². The highest BCUT2D eigenvalue weighted by atomic mass is 16.4. The van der Waals surface area contributed by atoms with Crippen molar-refractivity contribution >= 4 is 0 Å². The second-order valence-electron chi connectivity index (χ2n) is 5.01. The Hall–Kier alpha value is -1.72. The lowest BCUT2D eigenvalue weighted by atomic mass is 9.97. The Morgan fingerprint density at radius 3 is 2.67 bits per heavy atom. The van der Waals surface area contributed by atoms with Crippen LogP contribution < -0.4 is 0 Å². The minimum Gasteiger partial charge on any atom is -0.419 e. The van der Waals surface area contributed by atoms with E-state index in [9.17, 15) is 5.11 Å². The SMILES string of the molecule is CC1(O)CN(Cc2nnc(-c3ccccc3)o2)C1. The second-order valence-corrected chi connectivity index (χ2v) is 5.01. The summed E-state index contributed by atoms with van der Waals surface area (Å²) in [5.41, 5.74) is 0.356. The molecule has 18 heavy (non-hydrogen) atoms. The van der Waals surface area contributed by atoms with Crippen LogP contribution in [0.4, 0.5) is 0 Å². The third kappa shape index (κ3) is 2.27. The Morgan fingerprint density at radius 1 is 1.28 bits per heavy atom. The lowest BCUT2D eigenvalue weighted by Gasteiger charge is -2.43. The van der Waals surface area contributed by atoms with Gasteiger partial charge in [-0.2, -0.15) is 0 Å². The monoisotopic (exact) mass is 245 g/mol. The number of β-amino-alcohol motifs (C(OH)–C–C–N with tert-alkyl or cyclic N) is 1. The topological polar surface area (TPSA) is 62.4 Å². The molecule has 5 nitrogen and oxygen atoms in total. The quantitative estimate of drug-likeness (QED) is 0.883. The molecule has 2 heterocycles. The van der Waals surface area contributed by atoms with E-state index in [1.54, 1.807) is 0 Å². The number of nitrogens with zero attached hydrogens (tertiary/aromatic N) is 3. The molecule has 5 heteroatoms. The zero-order valence-corrected chi connectivity index (χ0v) is 10.2. The first-order chi connectivity index (χ1) is 8.62. The lowest BCUT2D eigenvalue weighted by molar-refractivity contribution is -0.0896. The zero-order valence-electron chi connectivity index (χ0n) is 10.2. The molecule has 1 aliphatic rings. The summed E-state index contributed by atoms with van der Waals surface area (Å²) in [6, 6.07) is 9.69. The van der Waals surface area contributed by atoms with Gasteiger partial charge in [0.05, 0.1) is 12.1 Å². The van der Waals surface area contributed by atoms with E-state index in [0.717, 1.165) is 5.56 Å². The van der Waals surface area contributed by atoms with Crippen LogP contribution >= 0.6 is 0 Å². The summed E-state index contributed by atoms with van der Waals surface area (Å²) in [4.78, 5) is 2.07. The fourth-order valence-electron chi connectivity index (χ4n) is 2.24. The minimum absolute atomic E-state index is 0.540. The second kappa shape index (κ2) is 4.19. The van der Waals surface area contributed by atoms with Gasteiger partial charge in [-0.1, -0.05) is 18.2 Å². The van der Waals surface area contributed by atoms with Crippen molar-refractivity contribution in [1.82, 2.24) is 15.1 Å². The van der Waals surface area contributed by atoms with Crippen molar-refractivity contribution in [3.05, 3.63) is 36.2 Å². The third-order valence-corrected chi connectivity index (χ3v) is 2.97. The molecule has 1 saturated heterocycles. The van der Waals surface area contributed by atoms with Crippen LogP contribution in [0.2, 0.25) is 0 Å². The average Bonchev–Trinajstić information content (AvgIpc) is 2.76. The summed E-state index contributed by atoms with van der Waals surface area (Å²) in [5.74, 6) is 1.13. The van der Waals surface area contributed by atoms with E-state index in [0.29, 0.717) is 31.4 Å². The van der Waals surface area contributed by atoms with Gasteiger partial charge in [-0.25, -0.2) is 0 Å². The molecule has 1 aromatic carbocycles. The van der Waals surface area contributed by atoms with Gasteiger partial charge in [0.2, 0.25) is 11.8 Å². The van der Waals surface area contributed by atoms with Crippen LogP contribution in [-0.2, 0) is 6.54 Å². The van der Waals surface area contributed by atoms with E-state index in [-0.39, 0.29) is 0 Å². The van der Waals surface area contributed by atoms with Gasteiger partial charge in [-0.3, -0.25) is 4.90 Å². The summed E-state index contributed by atoms with van der Waals surface area (Å²) in [7, 11) is 0. The molecular formula is C13H15N3O2. The van der Waals surface area contributed by atoms with Crippen LogP contribution in [0.5, 0.6) is 0 Å². The van der Waals surface area contributed by atoms with Crippen molar-refractivity contribution in [2.75, 3.05) is 13.1 Å². The minimum atomic E-state index is -0.567. The smallest absolute Gasteiger partial charge is 0.247 e. The number of aromatic nitrogens is 2. The Kier molecular flexibility index (Phi) is 2.65. The highest BCUT2D eigenvalue weighted by Gasteiger charge is 2.36. The van der Waals surface area contributed by atoms with E-state index in [1.165, 1.54) is 0 Å². The fourth-order valence-corrected chi connectivity index (χ4v) is 2.24. The van der Waals surface area contributed by atoms with Gasteiger partial charge in [-0.15, -0.1) is 10.2 Å². The molecule has 3 rings (SSSR count). The molecule has 1 fully saturated rings. The summed E-state index contributed by atoms with van der Waals surface area (Å²) < 4.78 is 5.60. The van der Waals surface area contributed by atoms with Gasteiger partial charge in [0.25, 0.3) is 0 Å². The van der Waals surface area contributed by atoms with Crippen molar-refractivity contribution in [2.24, 2.45) is 0 Å². The van der Waals surface area contributed by atoms with Crippen LogP contribution in [0.3, 0.4) is 0 Å². The number of hydrogen-bond acceptors (Lipinski definition) is 5. The molecule has 0 atom stereocenters. The van der Waals surface area contributed by atoms with Crippen LogP contribution in [-0.4, -0.2) is 38.9 Å². The maximum atomic E-state index is 9.64. The van der Waals surface area contributed by atoms with Gasteiger partial charge >= 0.3 is 0 Å². The molecule has 0 bridgehead atoms. The van der Waals surface area contributed by atoms with Crippen LogP contribution in [0.15, 0.2) is 34.7 Å². The molecule has 0 aliphatic carbocycles. The standard InChI is InChI=1S/C13H15N3O2/c1-13(17)8-16(9-13)7-11-14-15-12(18-11)10-5-3-2-4-6-10/h2-6,17H,7-9H2,1H3. The predicted molar refractivity (Wildman–Crippen MR) is 65.6 cm³/mol. The number of likely N-dealkylation sites (tertiary alicyclic amines) is 1. The molecule has 1 aliphatic heterocycles. The largest absolute Gasteiger partial charge is 0.419 e. The van der Waals surface area contributed by atoms with Crippen molar-refractivity contribution in [1.29, 1.82) is 0 Å². The van der Waals surface area contributed by atoms with E-state index >= 15 is 0 Å². The van der Waals surface area contributed by atoms with E-state index in [2.05, 4.69) is 15.1 Å². The fraction of sp³-hybridized carbons (Fsp3) is 0.385. The first kappa shape index (κ1) is 11.4. The molecule has 0 radical (unpaired) electrons. The number of aliphatic hydroxyl groups is 1. The van der Waals surface area contributed by atoms with Crippen LogP contribution in [0, 0.1) is 0 Å². The normalized spacial score (nSPS) is 18.6. The molecule has 2 aromatic rings. The maximum Gasteiger partial charge on any atom is 0.247 e. The zero-order chi connectivity index (χ0) is 12.6. The molecular weight excluding hydrogens is 230 g/mol. The molecule has 0 unspecified atom stereocenters. The van der Waals surface area contributed by atoms with Crippen LogP contribution in [0.25, 0.3) is 11.5 Å². The summed E-state index contributed by atoms with van der Waals surface area (Å²) in [6.45, 7) is 3.72. The average molecular weight is 245 g/mol. The summed E-state index contributed by atoms with van der Waals surface area (Å²) in [5, 5.41) is 17.7. The number of hydrogen-bond donors (Lipinski definition) is 1. The highest BCUT2D eigenvalue weighted by molar-refractivity contribution is 5.51. The van der Waals surface area contributed by atoms with Crippen molar-refractivity contribution in [3.8, 4) is 11.5 Å². The van der Waals surface area contributed by atoms with Crippen molar-refractivity contribution in [2.45, 2.75) is 19.1 Å². The lowest BCUT2D eigenvalue weighted by Crippen LogP contribution is -2.59. The molecule has 0 spiro atoms. The van der Waals surface area contributed by atoms with E-state index in [4.69, 9.17) is 4.42 Å². The molecule has 1 N–H and O–H groups in total. The highest BCUT2D eigenvalue weighted by Crippen LogP contribution is 2.23. The first-order valence-corrected chi connectivity index (χ1v) is 5.95. The Morgan fingerprint density at radius 2 is 2.00 bits per heavy atom. The Labute approximate surface area is 105 Å². The van der Waals surface area contributed by atoms with E-state index < -0.39 is 5.60 Å². The van der Waals surface area contributed by atoms with Gasteiger partial charge < -0.3 is 9.52 Å². The van der Waals surface area contributed by atoms with Gasteiger partial charge in [-0.05, 0) is 19.1 Å². The van der Waals surface area contributed by atoms with Crippen molar-refractivity contribution in [3.63, 3.8) is 0 Å². The van der Waals surface area contributed by atoms with Crippen LogP contribution in [0.1, 0.15) is 12.8 Å².